The van der Waals surface area contributed by atoms with Crippen LogP contribution in [0.3, 0.4) is 0 Å². The van der Waals surface area contributed by atoms with Gasteiger partial charge in [0.2, 0.25) is 0 Å². The summed E-state index contributed by atoms with van der Waals surface area (Å²) in [6.45, 7) is 4.41. The molecule has 0 spiro atoms. The van der Waals surface area contributed by atoms with Crippen LogP contribution in [-0.4, -0.2) is 74.9 Å². The van der Waals surface area contributed by atoms with Gasteiger partial charge in [0.15, 0.2) is 6.10 Å². The lowest BCUT2D eigenvalue weighted by atomic mass is 10.0. The average Bonchev–Trinajstić information content (AvgIpc) is 3.19. The SMILES string of the molecule is CCCCCCCCCCC/C=C/C/C=C/CCCC(=O)O[C@H](COC(=O)CCCCCCCCCCCCCCCCCCCC)COP(=O)(O)OCC[N+](C)(C)C. The number of esters is 2. The highest BCUT2D eigenvalue weighted by atomic mass is 31.2. The molecule has 10 heteroatoms. The summed E-state index contributed by atoms with van der Waals surface area (Å²) in [6.07, 6.45) is 46.6. The molecule has 0 saturated carbocycles. The number of carbonyl (C=O) groups excluding carboxylic acids is 2. The van der Waals surface area contributed by atoms with Crippen LogP contribution < -0.4 is 0 Å². The fourth-order valence-corrected chi connectivity index (χ4v) is 7.62. The Morgan fingerprint density at radius 2 is 0.932 bits per heavy atom. The standard InChI is InChI=1S/C49H94NO8P/c1-6-8-10-12-14-16-18-20-22-24-26-27-29-31-33-35-37-39-41-48(51)55-45-47(46-57-59(53,54)56-44-43-50(3,4)5)58-49(52)42-40-38-36-34-32-30-28-25-23-21-19-17-15-13-11-9-7-2/h28,30,34,36,47H,6-27,29,31-33,35,37-46H2,1-5H3/p+1/b30-28+,36-34+/t47-/m1/s1. The highest BCUT2D eigenvalue weighted by molar-refractivity contribution is 7.47. The van der Waals surface area contributed by atoms with E-state index in [9.17, 15) is 19.0 Å². The molecule has 0 rings (SSSR count). The molecule has 0 aromatic rings. The van der Waals surface area contributed by atoms with Crippen LogP contribution in [0, 0.1) is 0 Å². The fraction of sp³-hybridized carbons (Fsp3) is 0.878. The molecule has 0 aliphatic heterocycles. The second-order valence-corrected chi connectivity index (χ2v) is 19.3. The first-order valence-electron chi connectivity index (χ1n) is 24.6. The van der Waals surface area contributed by atoms with E-state index in [1.165, 1.54) is 154 Å². The van der Waals surface area contributed by atoms with Gasteiger partial charge in [-0.3, -0.25) is 18.6 Å². The predicted molar refractivity (Wildman–Crippen MR) is 247 cm³/mol. The molecule has 0 radical (unpaired) electrons. The normalized spacial score (nSPS) is 13.7. The second kappa shape index (κ2) is 41.8. The number of nitrogens with zero attached hydrogens (tertiary/aromatic N) is 1. The first kappa shape index (κ1) is 57.5. The van der Waals surface area contributed by atoms with Crippen molar-refractivity contribution >= 4 is 19.8 Å². The Hall–Kier alpha value is -1.51. The Bertz CT molecular complexity index is 1060. The van der Waals surface area contributed by atoms with E-state index in [0.717, 1.165) is 38.5 Å². The van der Waals surface area contributed by atoms with Crippen molar-refractivity contribution in [2.24, 2.45) is 0 Å². The number of quaternary nitrogens is 1. The number of unbranched alkanes of at least 4 members (excludes halogenated alkanes) is 27. The minimum atomic E-state index is -4.38. The van der Waals surface area contributed by atoms with Gasteiger partial charge in [0, 0.05) is 12.8 Å². The van der Waals surface area contributed by atoms with E-state index in [-0.39, 0.29) is 32.0 Å². The first-order chi connectivity index (χ1) is 28.5. The first-order valence-corrected chi connectivity index (χ1v) is 26.1. The molecule has 0 heterocycles. The molecule has 0 aromatic heterocycles. The maximum absolute atomic E-state index is 12.7. The average molecular weight is 857 g/mol. The summed E-state index contributed by atoms with van der Waals surface area (Å²) >= 11 is 0. The molecule has 0 aliphatic carbocycles. The number of rotatable bonds is 45. The van der Waals surface area contributed by atoms with Gasteiger partial charge in [-0.05, 0) is 38.5 Å². The summed E-state index contributed by atoms with van der Waals surface area (Å²) in [5.41, 5.74) is 0. The molecule has 1 unspecified atom stereocenters. The van der Waals surface area contributed by atoms with Crippen LogP contribution in [0.2, 0.25) is 0 Å². The molecule has 0 amide bonds. The molecule has 9 nitrogen and oxygen atoms in total. The maximum atomic E-state index is 12.7. The van der Waals surface area contributed by atoms with Gasteiger partial charge in [-0.1, -0.05) is 199 Å². The quantitative estimate of drug-likeness (QED) is 0.0212. The van der Waals surface area contributed by atoms with Gasteiger partial charge >= 0.3 is 19.8 Å². The van der Waals surface area contributed by atoms with E-state index in [1.807, 2.05) is 21.1 Å². The third-order valence-electron chi connectivity index (χ3n) is 10.7. The van der Waals surface area contributed by atoms with Gasteiger partial charge in [0.1, 0.15) is 19.8 Å². The van der Waals surface area contributed by atoms with Crippen LogP contribution in [0.15, 0.2) is 24.3 Å². The third kappa shape index (κ3) is 45.8. The van der Waals surface area contributed by atoms with Crippen LogP contribution in [0.4, 0.5) is 0 Å². The molecule has 0 bridgehead atoms. The molecule has 0 fully saturated rings. The van der Waals surface area contributed by atoms with Crippen LogP contribution in [0.25, 0.3) is 0 Å². The highest BCUT2D eigenvalue weighted by Gasteiger charge is 2.27. The van der Waals surface area contributed by atoms with E-state index in [1.54, 1.807) is 0 Å². The number of carbonyl (C=O) groups is 2. The summed E-state index contributed by atoms with van der Waals surface area (Å²) in [6, 6.07) is 0. The lowest BCUT2D eigenvalue weighted by Crippen LogP contribution is -2.37. The zero-order valence-corrected chi connectivity index (χ0v) is 40.1. The van der Waals surface area contributed by atoms with Crippen molar-refractivity contribution in [1.29, 1.82) is 0 Å². The maximum Gasteiger partial charge on any atom is 0.472 e. The summed E-state index contributed by atoms with van der Waals surface area (Å²) < 4.78 is 34.3. The van der Waals surface area contributed by atoms with E-state index in [0.29, 0.717) is 17.4 Å². The van der Waals surface area contributed by atoms with Crippen molar-refractivity contribution < 1.29 is 42.1 Å². The van der Waals surface area contributed by atoms with Gasteiger partial charge in [-0.25, -0.2) is 4.57 Å². The van der Waals surface area contributed by atoms with Gasteiger partial charge in [-0.2, -0.15) is 0 Å². The molecular formula is C49H95NO8P+. The molecule has 0 aromatic carbocycles. The third-order valence-corrected chi connectivity index (χ3v) is 11.7. The molecule has 59 heavy (non-hydrogen) atoms. The van der Waals surface area contributed by atoms with Crippen molar-refractivity contribution in [3.63, 3.8) is 0 Å². The summed E-state index contributed by atoms with van der Waals surface area (Å²) in [7, 11) is 1.46. The molecule has 0 saturated heterocycles. The highest BCUT2D eigenvalue weighted by Crippen LogP contribution is 2.43. The number of likely N-dealkylation sites (N-methyl/N-ethyl adjacent to an activating group) is 1. The number of phosphoric acid groups is 1. The Morgan fingerprint density at radius 3 is 1.39 bits per heavy atom. The number of hydrogen-bond acceptors (Lipinski definition) is 7. The molecule has 1 N–H and O–H groups in total. The van der Waals surface area contributed by atoms with E-state index in [4.69, 9.17) is 18.5 Å². The molecule has 2 atom stereocenters. The predicted octanol–water partition coefficient (Wildman–Crippen LogP) is 14.3. The summed E-state index contributed by atoms with van der Waals surface area (Å²) in [5.74, 6) is -0.840. The minimum Gasteiger partial charge on any atom is -0.462 e. The van der Waals surface area contributed by atoms with Crippen molar-refractivity contribution in [2.45, 2.75) is 232 Å². The number of hydrogen-bond donors (Lipinski definition) is 1. The lowest BCUT2D eigenvalue weighted by molar-refractivity contribution is -0.870. The zero-order valence-electron chi connectivity index (χ0n) is 39.2. The van der Waals surface area contributed by atoms with Gasteiger partial charge in [0.25, 0.3) is 0 Å². The zero-order chi connectivity index (χ0) is 43.6. The van der Waals surface area contributed by atoms with Crippen LogP contribution in [0.1, 0.15) is 226 Å². The summed E-state index contributed by atoms with van der Waals surface area (Å²) in [5, 5.41) is 0. The van der Waals surface area contributed by atoms with E-state index < -0.39 is 26.5 Å². The minimum absolute atomic E-state index is 0.0265. The Morgan fingerprint density at radius 1 is 0.525 bits per heavy atom. The van der Waals surface area contributed by atoms with Gasteiger partial charge in [-0.15, -0.1) is 0 Å². The summed E-state index contributed by atoms with van der Waals surface area (Å²) in [4.78, 5) is 35.4. The van der Waals surface area contributed by atoms with Gasteiger partial charge < -0.3 is 18.9 Å². The van der Waals surface area contributed by atoms with Crippen LogP contribution >= 0.6 is 7.82 Å². The smallest absolute Gasteiger partial charge is 0.462 e. The van der Waals surface area contributed by atoms with E-state index in [2.05, 4.69) is 38.2 Å². The van der Waals surface area contributed by atoms with Gasteiger partial charge in [0.05, 0.1) is 27.7 Å². The molecular weight excluding hydrogens is 762 g/mol. The molecule has 348 valence electrons. The monoisotopic (exact) mass is 857 g/mol. The van der Waals surface area contributed by atoms with Crippen molar-refractivity contribution in [3.05, 3.63) is 24.3 Å². The Balaban J connectivity index is 4.32. The Labute approximate surface area is 364 Å². The Kier molecular flexibility index (Phi) is 40.8. The lowest BCUT2D eigenvalue weighted by Gasteiger charge is -2.24. The van der Waals surface area contributed by atoms with Crippen LogP contribution in [0.5, 0.6) is 0 Å². The van der Waals surface area contributed by atoms with E-state index >= 15 is 0 Å². The fourth-order valence-electron chi connectivity index (χ4n) is 6.88. The number of allylic oxidation sites excluding steroid dienone is 4. The topological polar surface area (TPSA) is 108 Å². The van der Waals surface area contributed by atoms with Crippen molar-refractivity contribution in [2.75, 3.05) is 47.5 Å². The number of phosphoric ester groups is 1. The molecule has 0 aliphatic rings. The van der Waals surface area contributed by atoms with Crippen LogP contribution in [-0.2, 0) is 32.7 Å². The van der Waals surface area contributed by atoms with Crippen molar-refractivity contribution in [3.8, 4) is 0 Å². The largest absolute Gasteiger partial charge is 0.472 e. The number of ether oxygens (including phenoxy) is 2. The second-order valence-electron chi connectivity index (χ2n) is 17.9. The van der Waals surface area contributed by atoms with Crippen molar-refractivity contribution in [1.82, 2.24) is 0 Å².